The van der Waals surface area contributed by atoms with Crippen LogP contribution in [0.5, 0.6) is 0 Å². The van der Waals surface area contributed by atoms with E-state index in [9.17, 15) is 13.2 Å². The zero-order valence-electron chi connectivity index (χ0n) is 14.4. The van der Waals surface area contributed by atoms with Gasteiger partial charge in [-0.2, -0.15) is 22.5 Å². The Bertz CT molecular complexity index is 704. The van der Waals surface area contributed by atoms with E-state index in [4.69, 9.17) is 0 Å². The molecule has 0 bridgehead atoms. The number of nitrogens with one attached hydrogen (secondary N) is 2. The molecule has 0 radical (unpaired) electrons. The molecule has 0 unspecified atom stereocenters. The van der Waals surface area contributed by atoms with Crippen LogP contribution < -0.4 is 10.0 Å². The van der Waals surface area contributed by atoms with Gasteiger partial charge in [0.2, 0.25) is 5.91 Å². The van der Waals surface area contributed by atoms with Gasteiger partial charge in [-0.05, 0) is 34.1 Å². The summed E-state index contributed by atoms with van der Waals surface area (Å²) in [5.41, 5.74) is 1.11. The Morgan fingerprint density at radius 3 is 2.48 bits per heavy atom. The molecular formula is C14H25N5O3S. The lowest BCUT2D eigenvalue weighted by Gasteiger charge is -2.37. The van der Waals surface area contributed by atoms with E-state index >= 15 is 0 Å². The molecule has 0 aromatic carbocycles. The summed E-state index contributed by atoms with van der Waals surface area (Å²) in [6.45, 7) is 7.42. The zero-order valence-corrected chi connectivity index (χ0v) is 15.2. The molecule has 2 atom stereocenters. The maximum atomic E-state index is 12.5. The van der Waals surface area contributed by atoms with Gasteiger partial charge < -0.3 is 5.32 Å². The molecule has 2 N–H and O–H groups in total. The number of aryl methyl sites for hydroxylation is 2. The maximum absolute atomic E-state index is 12.5. The van der Waals surface area contributed by atoms with Crippen molar-refractivity contribution in [1.82, 2.24) is 24.1 Å². The van der Waals surface area contributed by atoms with E-state index in [0.717, 1.165) is 15.6 Å². The number of amides is 1. The molecule has 2 heterocycles. The van der Waals surface area contributed by atoms with Gasteiger partial charge in [-0.15, -0.1) is 0 Å². The van der Waals surface area contributed by atoms with Crippen molar-refractivity contribution in [3.8, 4) is 0 Å². The summed E-state index contributed by atoms with van der Waals surface area (Å²) >= 11 is 0. The lowest BCUT2D eigenvalue weighted by molar-refractivity contribution is -0.126. The van der Waals surface area contributed by atoms with Crippen LogP contribution in [0.15, 0.2) is 6.20 Å². The quantitative estimate of drug-likeness (QED) is 0.803. The molecule has 8 nitrogen and oxygen atoms in total. The summed E-state index contributed by atoms with van der Waals surface area (Å²) in [7, 11) is -0.531. The van der Waals surface area contributed by atoms with Crippen LogP contribution in [0.2, 0.25) is 0 Å². The van der Waals surface area contributed by atoms with Crippen LogP contribution in [0.3, 0.4) is 0 Å². The number of nitrogens with zero attached hydrogens (tertiary/aromatic N) is 3. The Labute approximate surface area is 137 Å². The van der Waals surface area contributed by atoms with Crippen LogP contribution in [-0.2, 0) is 22.1 Å². The molecule has 9 heteroatoms. The third kappa shape index (κ3) is 3.91. The van der Waals surface area contributed by atoms with Crippen molar-refractivity contribution in [3.63, 3.8) is 0 Å². The highest BCUT2D eigenvalue weighted by molar-refractivity contribution is 7.87. The summed E-state index contributed by atoms with van der Waals surface area (Å²) in [6, 6.07) is -1.23. The van der Waals surface area contributed by atoms with Crippen LogP contribution in [0.1, 0.15) is 44.5 Å². The number of carbonyl (C=O) groups excluding carboxylic acids is 1. The lowest BCUT2D eigenvalue weighted by atomic mass is 9.99. The third-order valence-corrected chi connectivity index (χ3v) is 5.39. The molecular weight excluding hydrogens is 318 g/mol. The maximum Gasteiger partial charge on any atom is 0.280 e. The van der Waals surface area contributed by atoms with Crippen molar-refractivity contribution in [2.24, 2.45) is 7.05 Å². The van der Waals surface area contributed by atoms with Crippen molar-refractivity contribution >= 4 is 16.1 Å². The Hall–Kier alpha value is -1.45. The van der Waals surface area contributed by atoms with Crippen molar-refractivity contribution < 1.29 is 13.2 Å². The third-order valence-electron chi connectivity index (χ3n) is 3.80. The molecule has 2 rings (SSSR count). The van der Waals surface area contributed by atoms with Crippen LogP contribution in [0.25, 0.3) is 0 Å². The second-order valence-electron chi connectivity index (χ2n) is 7.03. The fourth-order valence-corrected chi connectivity index (χ4v) is 3.99. The number of likely N-dealkylation sites (N-methyl/N-ethyl adjacent to an activating group) is 1. The molecule has 1 saturated heterocycles. The first kappa shape index (κ1) is 17.9. The summed E-state index contributed by atoms with van der Waals surface area (Å²) in [5, 5.41) is 7.11. The number of rotatable bonds is 2. The molecule has 0 saturated carbocycles. The summed E-state index contributed by atoms with van der Waals surface area (Å²) in [5.74, 6) is -0.295. The summed E-state index contributed by atoms with van der Waals surface area (Å²) < 4.78 is 30.1. The van der Waals surface area contributed by atoms with E-state index in [0.29, 0.717) is 6.42 Å². The highest BCUT2D eigenvalue weighted by atomic mass is 32.2. The first-order valence-electron chi connectivity index (χ1n) is 7.48. The predicted octanol–water partition coefficient (Wildman–Crippen LogP) is 0.223. The van der Waals surface area contributed by atoms with E-state index in [1.165, 1.54) is 7.05 Å². The fraction of sp³-hybridized carbons (Fsp3) is 0.714. The van der Waals surface area contributed by atoms with Gasteiger partial charge in [-0.1, -0.05) is 0 Å². The van der Waals surface area contributed by atoms with E-state index in [2.05, 4.69) is 15.1 Å². The average Bonchev–Trinajstić information content (AvgIpc) is 2.69. The normalized spacial score (nSPS) is 25.3. The Morgan fingerprint density at radius 1 is 1.39 bits per heavy atom. The van der Waals surface area contributed by atoms with Gasteiger partial charge in [0.05, 0.1) is 11.7 Å². The number of hydrogen-bond donors (Lipinski definition) is 2. The van der Waals surface area contributed by atoms with E-state index in [-0.39, 0.29) is 5.91 Å². The molecule has 130 valence electrons. The van der Waals surface area contributed by atoms with E-state index in [1.54, 1.807) is 17.9 Å². The number of aromatic nitrogens is 2. The van der Waals surface area contributed by atoms with Gasteiger partial charge in [0, 0.05) is 31.4 Å². The highest BCUT2D eigenvalue weighted by Crippen LogP contribution is 2.29. The standard InChI is InChI=1S/C14H25N5O3S/c1-9-10(8-18(5)16-9)11-7-12(13(20)15-14(2,3)4)19(6)23(21,22)17-11/h8,11-12,17H,7H2,1-6H3,(H,15,20)/t11-,12-/m0/s1. The lowest BCUT2D eigenvalue weighted by Crippen LogP contribution is -2.59. The SMILES string of the molecule is Cc1nn(C)cc1[C@@H]1C[C@@H](C(=O)NC(C)(C)C)N(C)S(=O)(=O)N1. The number of hydrogen-bond acceptors (Lipinski definition) is 4. The first-order valence-corrected chi connectivity index (χ1v) is 8.92. The Balaban J connectivity index is 2.32. The first-order chi connectivity index (χ1) is 10.4. The minimum absolute atomic E-state index is 0.295. The monoisotopic (exact) mass is 343 g/mol. The second-order valence-corrected chi connectivity index (χ2v) is 8.79. The molecule has 1 amide bonds. The van der Waals surface area contributed by atoms with Gasteiger partial charge in [0.1, 0.15) is 6.04 Å². The fourth-order valence-electron chi connectivity index (χ4n) is 2.73. The van der Waals surface area contributed by atoms with Crippen LogP contribution in [0, 0.1) is 6.92 Å². The minimum atomic E-state index is -3.73. The van der Waals surface area contributed by atoms with Crippen molar-refractivity contribution in [2.75, 3.05) is 7.05 Å². The van der Waals surface area contributed by atoms with E-state index < -0.39 is 27.8 Å². The molecule has 1 aliphatic heterocycles. The van der Waals surface area contributed by atoms with Crippen LogP contribution in [0.4, 0.5) is 0 Å². The van der Waals surface area contributed by atoms with Gasteiger partial charge in [0.25, 0.3) is 10.2 Å². The topological polar surface area (TPSA) is 96.3 Å². The number of carbonyl (C=O) groups is 1. The predicted molar refractivity (Wildman–Crippen MR) is 86.8 cm³/mol. The molecule has 1 aliphatic rings. The molecule has 23 heavy (non-hydrogen) atoms. The minimum Gasteiger partial charge on any atom is -0.350 e. The zero-order chi connectivity index (χ0) is 17.6. The Kier molecular flexibility index (Phi) is 4.57. The van der Waals surface area contributed by atoms with Crippen LogP contribution in [-0.4, -0.2) is 47.0 Å². The molecule has 0 aliphatic carbocycles. The van der Waals surface area contributed by atoms with Gasteiger partial charge in [0.15, 0.2) is 0 Å². The Morgan fingerprint density at radius 2 is 2.00 bits per heavy atom. The molecule has 0 spiro atoms. The largest absolute Gasteiger partial charge is 0.350 e. The second kappa shape index (κ2) is 5.88. The van der Waals surface area contributed by atoms with Gasteiger partial charge >= 0.3 is 0 Å². The molecule has 1 aromatic heterocycles. The van der Waals surface area contributed by atoms with Crippen molar-refractivity contribution in [3.05, 3.63) is 17.5 Å². The van der Waals surface area contributed by atoms with Crippen LogP contribution >= 0.6 is 0 Å². The summed E-state index contributed by atoms with van der Waals surface area (Å²) in [6.07, 6.45) is 2.14. The smallest absolute Gasteiger partial charge is 0.280 e. The van der Waals surface area contributed by atoms with Crippen molar-refractivity contribution in [1.29, 1.82) is 0 Å². The van der Waals surface area contributed by atoms with Gasteiger partial charge in [-0.3, -0.25) is 9.48 Å². The highest BCUT2D eigenvalue weighted by Gasteiger charge is 2.42. The summed E-state index contributed by atoms with van der Waals surface area (Å²) in [4.78, 5) is 12.5. The molecule has 1 aromatic rings. The molecule has 1 fully saturated rings. The van der Waals surface area contributed by atoms with Gasteiger partial charge in [-0.25, -0.2) is 0 Å². The average molecular weight is 343 g/mol. The van der Waals surface area contributed by atoms with E-state index in [1.807, 2.05) is 27.7 Å². The van der Waals surface area contributed by atoms with Crippen molar-refractivity contribution in [2.45, 2.75) is 51.7 Å².